The number of thiazole rings is 1. The van der Waals surface area contributed by atoms with Gasteiger partial charge in [0.2, 0.25) is 0 Å². The van der Waals surface area contributed by atoms with Gasteiger partial charge in [0.15, 0.2) is 34.4 Å². The van der Waals surface area contributed by atoms with E-state index in [1.165, 1.54) is 23.0 Å². The normalized spacial score (nSPS) is 14.0. The van der Waals surface area contributed by atoms with Crippen molar-refractivity contribution in [1.82, 2.24) is 4.57 Å². The highest BCUT2D eigenvalue weighted by atomic mass is 35.5. The maximum absolute atomic E-state index is 14.2. The molecule has 11 nitrogen and oxygen atoms in total. The number of esters is 2. The van der Waals surface area contributed by atoms with Crippen molar-refractivity contribution in [1.29, 1.82) is 0 Å². The van der Waals surface area contributed by atoms with Crippen molar-refractivity contribution in [3.8, 4) is 23.0 Å². The van der Waals surface area contributed by atoms with Gasteiger partial charge in [0.05, 0.1) is 48.8 Å². The molecule has 1 aliphatic heterocycles. The lowest BCUT2D eigenvalue weighted by atomic mass is 9.95. The van der Waals surface area contributed by atoms with Gasteiger partial charge in [0.1, 0.15) is 6.61 Å². The molecule has 0 saturated heterocycles. The van der Waals surface area contributed by atoms with Gasteiger partial charge in [-0.05, 0) is 86.9 Å². The van der Waals surface area contributed by atoms with E-state index >= 15 is 0 Å². The van der Waals surface area contributed by atoms with Crippen molar-refractivity contribution in [2.45, 2.75) is 40.3 Å². The first-order valence-corrected chi connectivity index (χ1v) is 17.2. The predicted molar refractivity (Wildman–Crippen MR) is 189 cm³/mol. The number of allylic oxidation sites excluding steroid dienone is 1. The van der Waals surface area contributed by atoms with Gasteiger partial charge in [-0.1, -0.05) is 47.2 Å². The monoisotopic (exact) mass is 720 g/mol. The number of aromatic nitrogens is 1. The molecule has 0 spiro atoms. The number of halogens is 1. The average molecular weight is 721 g/mol. The SMILES string of the molecule is CCOC(=O)C1=C(C)N=c2s/c(=C/c3ccc(OCc4cccc(Cl)c4)c(OCC)c3)c(=O)n2[C@@H]1c1ccc(OCC(=O)OC)c(OCC)c1. The number of hydrogen-bond donors (Lipinski definition) is 0. The lowest BCUT2D eigenvalue weighted by Crippen LogP contribution is -2.40. The van der Waals surface area contributed by atoms with Crippen molar-refractivity contribution in [3.63, 3.8) is 0 Å². The van der Waals surface area contributed by atoms with Crippen LogP contribution in [0.4, 0.5) is 0 Å². The summed E-state index contributed by atoms with van der Waals surface area (Å²) in [5.41, 5.74) is 2.47. The van der Waals surface area contributed by atoms with Gasteiger partial charge in [-0.25, -0.2) is 14.6 Å². The van der Waals surface area contributed by atoms with E-state index in [4.69, 9.17) is 35.3 Å². The second-order valence-electron chi connectivity index (χ2n) is 10.9. The van der Waals surface area contributed by atoms with Gasteiger partial charge in [-0.15, -0.1) is 0 Å². The summed E-state index contributed by atoms with van der Waals surface area (Å²) >= 11 is 7.33. The molecule has 0 N–H and O–H groups in total. The predicted octanol–water partition coefficient (Wildman–Crippen LogP) is 5.38. The van der Waals surface area contributed by atoms with E-state index in [9.17, 15) is 14.4 Å². The Morgan fingerprint density at radius 3 is 2.32 bits per heavy atom. The molecular formula is C37H37ClN2O9S. The number of nitrogens with zero attached hydrogens (tertiary/aromatic N) is 2. The molecule has 0 fully saturated rings. The Balaban J connectivity index is 1.57. The molecule has 0 saturated carbocycles. The molecule has 1 atom stereocenters. The van der Waals surface area contributed by atoms with E-state index in [-0.39, 0.29) is 24.3 Å². The first-order chi connectivity index (χ1) is 24.2. The zero-order valence-electron chi connectivity index (χ0n) is 28.3. The van der Waals surface area contributed by atoms with Crippen LogP contribution in [0.25, 0.3) is 6.08 Å². The van der Waals surface area contributed by atoms with Gasteiger partial charge in [0, 0.05) is 5.02 Å². The van der Waals surface area contributed by atoms with E-state index < -0.39 is 18.0 Å². The van der Waals surface area contributed by atoms with Crippen molar-refractivity contribution >= 4 is 41.0 Å². The first-order valence-electron chi connectivity index (χ1n) is 16.0. The van der Waals surface area contributed by atoms with Crippen LogP contribution in [0.15, 0.2) is 81.7 Å². The maximum Gasteiger partial charge on any atom is 0.343 e. The molecule has 13 heteroatoms. The summed E-state index contributed by atoms with van der Waals surface area (Å²) in [4.78, 5) is 44.4. The fourth-order valence-corrected chi connectivity index (χ4v) is 6.59. The third-order valence-corrected chi connectivity index (χ3v) is 8.74. The molecule has 0 amide bonds. The second-order valence-corrected chi connectivity index (χ2v) is 12.3. The van der Waals surface area contributed by atoms with E-state index in [0.29, 0.717) is 74.0 Å². The van der Waals surface area contributed by atoms with Crippen LogP contribution in [0.2, 0.25) is 5.02 Å². The molecule has 262 valence electrons. The van der Waals surface area contributed by atoms with E-state index in [1.54, 1.807) is 50.3 Å². The third kappa shape index (κ3) is 8.20. The molecule has 50 heavy (non-hydrogen) atoms. The standard InChI is InChI=1S/C37H37ClN2O9S/c1-6-45-29-17-23(12-14-27(29)48-20-24-10-9-11-26(38)16-24)18-31-35(42)40-34(33(36(43)47-8-3)22(4)39-37(40)50-31)25-13-15-28(30(19-25)46-7-2)49-21-32(41)44-5/h9-19,34H,6-8,20-21H2,1-5H3/b31-18+/t34-/m1/s1. The van der Waals surface area contributed by atoms with Crippen LogP contribution < -0.4 is 33.8 Å². The number of fused-ring (bicyclic) bond motifs is 1. The van der Waals surface area contributed by atoms with Crippen molar-refractivity contribution in [2.24, 2.45) is 4.99 Å². The number of ether oxygens (including phenoxy) is 6. The number of carbonyl (C=O) groups excluding carboxylic acids is 2. The van der Waals surface area contributed by atoms with E-state index in [1.807, 2.05) is 44.2 Å². The van der Waals surface area contributed by atoms with Crippen LogP contribution in [0, 0.1) is 0 Å². The number of benzene rings is 3. The van der Waals surface area contributed by atoms with Crippen molar-refractivity contribution in [3.05, 3.63) is 113 Å². The highest BCUT2D eigenvalue weighted by molar-refractivity contribution is 7.07. The van der Waals surface area contributed by atoms with Gasteiger partial charge in [0.25, 0.3) is 5.56 Å². The van der Waals surface area contributed by atoms with Gasteiger partial charge in [-0.2, -0.15) is 0 Å². The summed E-state index contributed by atoms with van der Waals surface area (Å²) in [6.45, 7) is 7.93. The molecule has 1 aliphatic rings. The quantitative estimate of drug-likeness (QED) is 0.158. The van der Waals surface area contributed by atoms with E-state index in [2.05, 4.69) is 9.73 Å². The summed E-state index contributed by atoms with van der Waals surface area (Å²) < 4.78 is 35.4. The Morgan fingerprint density at radius 2 is 1.62 bits per heavy atom. The topological polar surface area (TPSA) is 124 Å². The van der Waals surface area contributed by atoms with Crippen LogP contribution in [-0.4, -0.2) is 50.0 Å². The summed E-state index contributed by atoms with van der Waals surface area (Å²) in [7, 11) is 1.27. The maximum atomic E-state index is 14.2. The number of hydrogen-bond acceptors (Lipinski definition) is 11. The average Bonchev–Trinajstić information content (AvgIpc) is 3.40. The fraction of sp³-hybridized carbons (Fsp3) is 0.297. The molecule has 1 aromatic heterocycles. The Labute approximate surface area is 297 Å². The first kappa shape index (κ1) is 36.2. The lowest BCUT2D eigenvalue weighted by Gasteiger charge is -2.25. The highest BCUT2D eigenvalue weighted by Crippen LogP contribution is 2.36. The van der Waals surface area contributed by atoms with Crippen LogP contribution in [-0.2, 0) is 25.7 Å². The largest absolute Gasteiger partial charge is 0.490 e. The van der Waals surface area contributed by atoms with Gasteiger partial charge >= 0.3 is 11.9 Å². The second kappa shape index (κ2) is 16.6. The minimum Gasteiger partial charge on any atom is -0.490 e. The molecule has 0 bridgehead atoms. The Kier molecular flexibility index (Phi) is 12.0. The van der Waals surface area contributed by atoms with Crippen LogP contribution in [0.5, 0.6) is 23.0 Å². The lowest BCUT2D eigenvalue weighted by molar-refractivity contribution is -0.143. The minimum atomic E-state index is -0.887. The van der Waals surface area contributed by atoms with E-state index in [0.717, 1.165) is 5.56 Å². The summed E-state index contributed by atoms with van der Waals surface area (Å²) in [5, 5.41) is 0.621. The van der Waals surface area contributed by atoms with Gasteiger partial charge in [-0.3, -0.25) is 9.36 Å². The number of rotatable bonds is 14. The number of carbonyl (C=O) groups is 2. The minimum absolute atomic E-state index is 0.137. The molecule has 3 aromatic carbocycles. The fourth-order valence-electron chi connectivity index (χ4n) is 5.33. The zero-order chi connectivity index (χ0) is 35.8. The molecule has 0 radical (unpaired) electrons. The van der Waals surface area contributed by atoms with Crippen molar-refractivity contribution < 1.29 is 38.0 Å². The van der Waals surface area contributed by atoms with Gasteiger partial charge < -0.3 is 28.4 Å². The molecule has 4 aromatic rings. The highest BCUT2D eigenvalue weighted by Gasteiger charge is 2.34. The Bertz CT molecular complexity index is 2100. The summed E-state index contributed by atoms with van der Waals surface area (Å²) in [6.07, 6.45) is 1.75. The zero-order valence-corrected chi connectivity index (χ0v) is 29.9. The third-order valence-electron chi connectivity index (χ3n) is 7.52. The van der Waals surface area contributed by atoms with Crippen LogP contribution in [0.3, 0.4) is 0 Å². The Hall–Kier alpha value is -5.07. The van der Waals surface area contributed by atoms with Crippen LogP contribution >= 0.6 is 22.9 Å². The molecule has 5 rings (SSSR count). The molecule has 0 unspecified atom stereocenters. The molecule has 0 aliphatic carbocycles. The van der Waals surface area contributed by atoms with Crippen LogP contribution in [0.1, 0.15) is 50.4 Å². The summed E-state index contributed by atoms with van der Waals surface area (Å²) in [5.74, 6) is 0.551. The Morgan fingerprint density at radius 1 is 0.900 bits per heavy atom. The molecule has 2 heterocycles. The smallest absolute Gasteiger partial charge is 0.343 e. The van der Waals surface area contributed by atoms with Crippen molar-refractivity contribution in [2.75, 3.05) is 33.5 Å². The number of methoxy groups -OCH3 is 1. The molecular weight excluding hydrogens is 684 g/mol. The summed E-state index contributed by atoms with van der Waals surface area (Å²) in [6, 6.07) is 17.0.